The van der Waals surface area contributed by atoms with Crippen molar-refractivity contribution in [1.82, 2.24) is 4.98 Å². The van der Waals surface area contributed by atoms with E-state index >= 15 is 0 Å². The third-order valence-corrected chi connectivity index (χ3v) is 3.82. The number of aromatic hydroxyl groups is 1. The Bertz CT molecular complexity index is 906. The van der Waals surface area contributed by atoms with E-state index in [9.17, 15) is 5.11 Å². The van der Waals surface area contributed by atoms with Crippen LogP contribution in [0.4, 0.5) is 11.5 Å². The van der Waals surface area contributed by atoms with E-state index in [1.54, 1.807) is 54.1 Å². The van der Waals surface area contributed by atoms with Crippen molar-refractivity contribution < 1.29 is 5.11 Å². The number of anilines is 1. The van der Waals surface area contributed by atoms with E-state index in [4.69, 9.17) is 5.73 Å². The van der Waals surface area contributed by atoms with Crippen LogP contribution in [0, 0.1) is 11.8 Å². The predicted molar refractivity (Wildman–Crippen MR) is 94.3 cm³/mol. The van der Waals surface area contributed by atoms with Gasteiger partial charge in [-0.15, -0.1) is 11.3 Å². The molecular weight excluding hydrogens is 306 g/mol. The van der Waals surface area contributed by atoms with Crippen LogP contribution < -0.4 is 5.73 Å². The van der Waals surface area contributed by atoms with Gasteiger partial charge in [0, 0.05) is 23.5 Å². The van der Waals surface area contributed by atoms with E-state index in [1.165, 1.54) is 0 Å². The summed E-state index contributed by atoms with van der Waals surface area (Å²) in [4.78, 5) is 9.24. The molecule has 3 rings (SSSR count). The van der Waals surface area contributed by atoms with E-state index in [0.29, 0.717) is 17.1 Å². The van der Waals surface area contributed by atoms with E-state index in [-0.39, 0.29) is 5.75 Å². The normalized spacial score (nSPS) is 10.4. The highest BCUT2D eigenvalue weighted by Crippen LogP contribution is 2.21. The fraction of sp³-hybridized carbons (Fsp3) is 0. The van der Waals surface area contributed by atoms with Gasteiger partial charge in [-0.05, 0) is 41.8 Å². The lowest BCUT2D eigenvalue weighted by atomic mass is 10.1. The first-order valence-electron chi connectivity index (χ1n) is 6.85. The third kappa shape index (κ3) is 3.76. The molecule has 2 heterocycles. The van der Waals surface area contributed by atoms with Crippen molar-refractivity contribution in [3.63, 3.8) is 0 Å². The summed E-state index contributed by atoms with van der Waals surface area (Å²) < 4.78 is 0. The maximum absolute atomic E-state index is 9.95. The Morgan fingerprint density at radius 3 is 2.87 bits per heavy atom. The molecule has 0 bridgehead atoms. The molecule has 0 radical (unpaired) electrons. The largest absolute Gasteiger partial charge is 0.507 e. The monoisotopic (exact) mass is 319 g/mol. The van der Waals surface area contributed by atoms with Gasteiger partial charge in [0.25, 0.3) is 0 Å². The van der Waals surface area contributed by atoms with Crippen molar-refractivity contribution in [2.45, 2.75) is 0 Å². The van der Waals surface area contributed by atoms with Crippen LogP contribution in [0.3, 0.4) is 0 Å². The van der Waals surface area contributed by atoms with Crippen molar-refractivity contribution in [3.8, 4) is 17.6 Å². The zero-order chi connectivity index (χ0) is 16.1. The molecule has 0 fully saturated rings. The zero-order valence-corrected chi connectivity index (χ0v) is 12.9. The molecule has 0 atom stereocenters. The molecule has 112 valence electrons. The summed E-state index contributed by atoms with van der Waals surface area (Å²) in [5.41, 5.74) is 7.68. The molecule has 0 saturated carbocycles. The minimum absolute atomic E-state index is 0.137. The highest BCUT2D eigenvalue weighted by molar-refractivity contribution is 7.10. The molecule has 1 aromatic carbocycles. The average molecular weight is 319 g/mol. The standard InChI is InChI=1S/C18H13N3OS/c19-18-16(4-1-9-20-18)21-12-14-11-13(6-8-17(14)22)5-7-15-3-2-10-23-15/h1-4,6,8-12,22H,(H2,19,20). The summed E-state index contributed by atoms with van der Waals surface area (Å²) in [7, 11) is 0. The fourth-order valence-corrected chi connectivity index (χ4v) is 2.45. The van der Waals surface area contributed by atoms with Crippen LogP contribution in [0.5, 0.6) is 5.75 Å². The third-order valence-electron chi connectivity index (χ3n) is 3.04. The lowest BCUT2D eigenvalue weighted by molar-refractivity contribution is 0.474. The molecule has 0 spiro atoms. The van der Waals surface area contributed by atoms with Gasteiger partial charge in [0.05, 0.1) is 4.88 Å². The molecule has 23 heavy (non-hydrogen) atoms. The van der Waals surface area contributed by atoms with Crippen LogP contribution in [-0.4, -0.2) is 16.3 Å². The van der Waals surface area contributed by atoms with Crippen molar-refractivity contribution in [1.29, 1.82) is 0 Å². The van der Waals surface area contributed by atoms with E-state index in [1.807, 2.05) is 17.5 Å². The number of aliphatic imine (C=N–C) groups is 1. The Balaban J connectivity index is 1.88. The summed E-state index contributed by atoms with van der Waals surface area (Å²) in [5.74, 6) is 6.64. The number of hydrogen-bond acceptors (Lipinski definition) is 5. The lowest BCUT2D eigenvalue weighted by Gasteiger charge is -2.01. The van der Waals surface area contributed by atoms with Crippen molar-refractivity contribution in [3.05, 3.63) is 70.0 Å². The minimum Gasteiger partial charge on any atom is -0.507 e. The van der Waals surface area contributed by atoms with Gasteiger partial charge >= 0.3 is 0 Å². The second-order valence-electron chi connectivity index (χ2n) is 4.67. The van der Waals surface area contributed by atoms with Crippen LogP contribution in [0.15, 0.2) is 59.0 Å². The molecule has 4 nitrogen and oxygen atoms in total. The second-order valence-corrected chi connectivity index (χ2v) is 5.61. The first kappa shape index (κ1) is 14.8. The number of rotatable bonds is 2. The molecular formula is C18H13N3OS. The molecule has 0 aliphatic rings. The number of pyridine rings is 1. The maximum Gasteiger partial charge on any atom is 0.149 e. The van der Waals surface area contributed by atoms with Gasteiger partial charge in [0.2, 0.25) is 0 Å². The summed E-state index contributed by atoms with van der Waals surface area (Å²) in [5, 5.41) is 11.9. The second kappa shape index (κ2) is 6.77. The van der Waals surface area contributed by atoms with Crippen molar-refractivity contribution in [2.75, 3.05) is 5.73 Å². The fourth-order valence-electron chi connectivity index (χ4n) is 1.88. The summed E-state index contributed by atoms with van der Waals surface area (Å²) in [6, 6.07) is 12.6. The maximum atomic E-state index is 9.95. The number of thiophene rings is 1. The van der Waals surface area contributed by atoms with Crippen molar-refractivity contribution in [2.24, 2.45) is 4.99 Å². The van der Waals surface area contributed by atoms with Crippen molar-refractivity contribution >= 4 is 29.1 Å². The first-order valence-corrected chi connectivity index (χ1v) is 7.73. The number of nitrogens with two attached hydrogens (primary N) is 1. The van der Waals surface area contributed by atoms with Gasteiger partial charge in [-0.3, -0.25) is 4.99 Å². The average Bonchev–Trinajstić information content (AvgIpc) is 3.07. The Morgan fingerprint density at radius 1 is 1.17 bits per heavy atom. The molecule has 3 N–H and O–H groups in total. The quantitative estimate of drug-likeness (QED) is 0.560. The summed E-state index contributed by atoms with van der Waals surface area (Å²) >= 11 is 1.59. The predicted octanol–water partition coefficient (Wildman–Crippen LogP) is 3.58. The highest BCUT2D eigenvalue weighted by Gasteiger charge is 2.01. The first-order chi connectivity index (χ1) is 11.2. The molecule has 0 aliphatic heterocycles. The number of benzene rings is 1. The van der Waals surface area contributed by atoms with Gasteiger partial charge in [0.1, 0.15) is 17.3 Å². The van der Waals surface area contributed by atoms with E-state index in [2.05, 4.69) is 21.8 Å². The minimum atomic E-state index is 0.137. The molecule has 0 aliphatic carbocycles. The Kier molecular flexibility index (Phi) is 4.37. The lowest BCUT2D eigenvalue weighted by Crippen LogP contribution is -1.90. The topological polar surface area (TPSA) is 71.5 Å². The zero-order valence-electron chi connectivity index (χ0n) is 12.1. The number of aromatic nitrogens is 1. The summed E-state index contributed by atoms with van der Waals surface area (Å²) in [6.07, 6.45) is 3.16. The number of hydrogen-bond donors (Lipinski definition) is 2. The molecule has 2 aromatic heterocycles. The van der Waals surface area contributed by atoms with Crippen LogP contribution in [0.1, 0.15) is 16.0 Å². The van der Waals surface area contributed by atoms with Gasteiger partial charge < -0.3 is 10.8 Å². The Labute approximate surface area is 138 Å². The van der Waals surface area contributed by atoms with Gasteiger partial charge in [0.15, 0.2) is 0 Å². The molecule has 0 amide bonds. The molecule has 0 saturated heterocycles. The highest BCUT2D eigenvalue weighted by atomic mass is 32.1. The SMILES string of the molecule is Nc1ncccc1N=Cc1cc(C#Cc2cccs2)ccc1O. The van der Waals surface area contributed by atoms with E-state index in [0.717, 1.165) is 10.4 Å². The van der Waals surface area contributed by atoms with Crippen LogP contribution in [0.25, 0.3) is 0 Å². The smallest absolute Gasteiger partial charge is 0.149 e. The molecule has 0 unspecified atom stereocenters. The molecule has 3 aromatic rings. The van der Waals surface area contributed by atoms with Crippen LogP contribution in [-0.2, 0) is 0 Å². The van der Waals surface area contributed by atoms with Crippen LogP contribution >= 0.6 is 11.3 Å². The number of phenolic OH excluding ortho intramolecular Hbond substituents is 1. The Hall–Kier alpha value is -3.10. The number of phenols is 1. The van der Waals surface area contributed by atoms with Crippen LogP contribution in [0.2, 0.25) is 0 Å². The van der Waals surface area contributed by atoms with E-state index < -0.39 is 0 Å². The molecule has 5 heteroatoms. The Morgan fingerprint density at radius 2 is 2.09 bits per heavy atom. The summed E-state index contributed by atoms with van der Waals surface area (Å²) in [6.45, 7) is 0. The van der Waals surface area contributed by atoms with Gasteiger partial charge in [-0.25, -0.2) is 4.98 Å². The van der Waals surface area contributed by atoms with Gasteiger partial charge in [-0.2, -0.15) is 0 Å². The number of nitrogen functional groups attached to an aromatic ring is 1. The number of nitrogens with zero attached hydrogens (tertiary/aromatic N) is 2. The van der Waals surface area contributed by atoms with Gasteiger partial charge in [-0.1, -0.05) is 17.9 Å².